The zero-order valence-corrected chi connectivity index (χ0v) is 14.5. The molecule has 0 aliphatic heterocycles. The lowest BCUT2D eigenvalue weighted by Crippen LogP contribution is -2.29. The van der Waals surface area contributed by atoms with Crippen LogP contribution in [0.4, 0.5) is 0 Å². The number of para-hydroxylation sites is 2. The van der Waals surface area contributed by atoms with Gasteiger partial charge in [-0.05, 0) is 36.5 Å². The minimum atomic E-state index is 0.165. The highest BCUT2D eigenvalue weighted by Gasteiger charge is 2.44. The third-order valence-electron chi connectivity index (χ3n) is 5.06. The monoisotopic (exact) mass is 333 g/mol. The van der Waals surface area contributed by atoms with Crippen molar-refractivity contribution in [1.82, 2.24) is 14.9 Å². The smallest absolute Gasteiger partial charge is 0.226 e. The van der Waals surface area contributed by atoms with Crippen LogP contribution >= 0.6 is 0 Å². The van der Waals surface area contributed by atoms with Crippen molar-refractivity contribution in [2.24, 2.45) is 5.92 Å². The molecule has 0 unspecified atom stereocenters. The highest BCUT2D eigenvalue weighted by Crippen LogP contribution is 2.48. The van der Waals surface area contributed by atoms with Gasteiger partial charge in [-0.2, -0.15) is 0 Å². The Hall–Kier alpha value is -2.62. The van der Waals surface area contributed by atoms with Gasteiger partial charge in [-0.15, -0.1) is 0 Å². The Kier molecular flexibility index (Phi) is 4.26. The minimum Gasteiger partial charge on any atom is -0.345 e. The van der Waals surface area contributed by atoms with Crippen LogP contribution in [-0.4, -0.2) is 34.4 Å². The van der Waals surface area contributed by atoms with Crippen molar-refractivity contribution < 1.29 is 4.79 Å². The number of aromatic nitrogens is 2. The average Bonchev–Trinajstić information content (AvgIpc) is 3.34. The number of hydrogen-bond acceptors (Lipinski definition) is 2. The van der Waals surface area contributed by atoms with Gasteiger partial charge in [0.2, 0.25) is 5.91 Å². The van der Waals surface area contributed by atoms with Crippen molar-refractivity contribution in [2.75, 3.05) is 13.6 Å². The molecule has 4 heteroatoms. The van der Waals surface area contributed by atoms with Crippen LogP contribution in [0.3, 0.4) is 0 Å². The molecule has 1 N–H and O–H groups in total. The molecule has 0 saturated heterocycles. The number of fused-ring (bicyclic) bond motifs is 1. The van der Waals surface area contributed by atoms with E-state index in [0.29, 0.717) is 5.92 Å². The summed E-state index contributed by atoms with van der Waals surface area (Å²) >= 11 is 0. The molecule has 25 heavy (non-hydrogen) atoms. The number of aryl methyl sites for hydroxylation is 1. The quantitative estimate of drug-likeness (QED) is 0.747. The fourth-order valence-electron chi connectivity index (χ4n) is 3.54. The molecule has 1 aliphatic carbocycles. The summed E-state index contributed by atoms with van der Waals surface area (Å²) in [4.78, 5) is 22.4. The minimum absolute atomic E-state index is 0.165. The Morgan fingerprint density at radius 3 is 2.72 bits per heavy atom. The summed E-state index contributed by atoms with van der Waals surface area (Å²) in [5.41, 5.74) is 3.37. The van der Waals surface area contributed by atoms with Crippen LogP contribution in [0.15, 0.2) is 54.6 Å². The maximum absolute atomic E-state index is 12.6. The van der Waals surface area contributed by atoms with E-state index in [1.54, 1.807) is 0 Å². The third-order valence-corrected chi connectivity index (χ3v) is 5.06. The van der Waals surface area contributed by atoms with Gasteiger partial charge < -0.3 is 9.88 Å². The van der Waals surface area contributed by atoms with Gasteiger partial charge in [-0.1, -0.05) is 42.5 Å². The Labute approximate surface area is 147 Å². The second-order valence-corrected chi connectivity index (χ2v) is 6.92. The van der Waals surface area contributed by atoms with Crippen molar-refractivity contribution in [2.45, 2.75) is 25.2 Å². The number of carbonyl (C=O) groups is 1. The Bertz CT molecular complexity index is 838. The van der Waals surface area contributed by atoms with Crippen LogP contribution in [0, 0.1) is 5.92 Å². The van der Waals surface area contributed by atoms with E-state index in [2.05, 4.69) is 22.1 Å². The van der Waals surface area contributed by atoms with Crippen LogP contribution in [0.1, 0.15) is 30.1 Å². The highest BCUT2D eigenvalue weighted by atomic mass is 16.2. The molecular formula is C21H23N3O. The molecule has 1 heterocycles. The topological polar surface area (TPSA) is 49.0 Å². The molecule has 0 bridgehead atoms. The number of carbonyl (C=O) groups excluding carboxylic acids is 1. The zero-order chi connectivity index (χ0) is 17.2. The maximum Gasteiger partial charge on any atom is 0.226 e. The summed E-state index contributed by atoms with van der Waals surface area (Å²) < 4.78 is 0. The first-order chi connectivity index (χ1) is 12.2. The maximum atomic E-state index is 12.6. The lowest BCUT2D eigenvalue weighted by atomic mass is 10.1. The Morgan fingerprint density at radius 2 is 1.92 bits per heavy atom. The van der Waals surface area contributed by atoms with Crippen molar-refractivity contribution in [1.29, 1.82) is 0 Å². The van der Waals surface area contributed by atoms with E-state index in [1.807, 2.05) is 54.4 Å². The average molecular weight is 333 g/mol. The van der Waals surface area contributed by atoms with Crippen LogP contribution < -0.4 is 0 Å². The molecule has 2 atom stereocenters. The Morgan fingerprint density at radius 1 is 1.16 bits per heavy atom. The van der Waals surface area contributed by atoms with E-state index >= 15 is 0 Å². The van der Waals surface area contributed by atoms with E-state index in [4.69, 9.17) is 0 Å². The van der Waals surface area contributed by atoms with Gasteiger partial charge in [0.1, 0.15) is 5.82 Å². The van der Waals surface area contributed by atoms with Crippen LogP contribution in [0.5, 0.6) is 0 Å². The summed E-state index contributed by atoms with van der Waals surface area (Å²) in [7, 11) is 1.92. The molecule has 0 spiro atoms. The SMILES string of the molecule is CN(CCCc1nc2ccccc2[nH]1)C(=O)[C@@H]1C[C@H]1c1ccccc1. The molecule has 128 valence electrons. The van der Waals surface area contributed by atoms with Gasteiger partial charge in [0.25, 0.3) is 0 Å². The third kappa shape index (κ3) is 3.43. The number of H-pyrrole nitrogens is 1. The lowest BCUT2D eigenvalue weighted by Gasteiger charge is -2.17. The second-order valence-electron chi connectivity index (χ2n) is 6.92. The van der Waals surface area contributed by atoms with Gasteiger partial charge in [0.15, 0.2) is 0 Å². The fraction of sp³-hybridized carbons (Fsp3) is 0.333. The summed E-state index contributed by atoms with van der Waals surface area (Å²) in [5, 5.41) is 0. The van der Waals surface area contributed by atoms with E-state index in [9.17, 15) is 4.79 Å². The molecular weight excluding hydrogens is 310 g/mol. The summed E-state index contributed by atoms with van der Waals surface area (Å²) in [6, 6.07) is 18.4. The van der Waals surface area contributed by atoms with Gasteiger partial charge in [0.05, 0.1) is 11.0 Å². The van der Waals surface area contributed by atoms with Crippen molar-refractivity contribution in [3.63, 3.8) is 0 Å². The molecule has 3 aromatic rings. The number of nitrogens with one attached hydrogen (secondary N) is 1. The molecule has 2 aromatic carbocycles. The zero-order valence-electron chi connectivity index (χ0n) is 14.5. The summed E-state index contributed by atoms with van der Waals surface area (Å²) in [6.45, 7) is 0.772. The number of amides is 1. The standard InChI is InChI=1S/C21H23N3O/c1-24(21(25)17-14-16(17)15-8-3-2-4-9-15)13-7-12-20-22-18-10-5-6-11-19(18)23-20/h2-6,8-11,16-17H,7,12-14H2,1H3,(H,22,23)/t16-,17+/m0/s1. The van der Waals surface area contributed by atoms with Crippen molar-refractivity contribution in [3.05, 3.63) is 66.0 Å². The first-order valence-corrected chi connectivity index (χ1v) is 8.96. The highest BCUT2D eigenvalue weighted by molar-refractivity contribution is 5.82. The fourth-order valence-corrected chi connectivity index (χ4v) is 3.54. The van der Waals surface area contributed by atoms with Crippen LogP contribution in [0.2, 0.25) is 0 Å². The van der Waals surface area contributed by atoms with Crippen LogP contribution in [0.25, 0.3) is 11.0 Å². The van der Waals surface area contributed by atoms with Gasteiger partial charge in [0, 0.05) is 25.9 Å². The van der Waals surface area contributed by atoms with E-state index in [-0.39, 0.29) is 11.8 Å². The molecule has 1 amide bonds. The number of imidazole rings is 1. The number of rotatable bonds is 6. The molecule has 1 aliphatic rings. The number of benzene rings is 2. The van der Waals surface area contributed by atoms with Gasteiger partial charge in [-0.25, -0.2) is 4.98 Å². The summed E-state index contributed by atoms with van der Waals surface area (Å²) in [5.74, 6) is 1.85. The predicted molar refractivity (Wildman–Crippen MR) is 99.3 cm³/mol. The Balaban J connectivity index is 1.27. The first kappa shape index (κ1) is 15.9. The molecule has 4 rings (SSSR count). The summed E-state index contributed by atoms with van der Waals surface area (Å²) in [6.07, 6.45) is 2.76. The van der Waals surface area contributed by atoms with E-state index < -0.39 is 0 Å². The van der Waals surface area contributed by atoms with Crippen LogP contribution in [-0.2, 0) is 11.2 Å². The molecule has 1 fully saturated rings. The van der Waals surface area contributed by atoms with Crippen molar-refractivity contribution in [3.8, 4) is 0 Å². The number of nitrogens with zero attached hydrogens (tertiary/aromatic N) is 2. The number of aromatic amines is 1. The van der Waals surface area contributed by atoms with E-state index in [1.165, 1.54) is 5.56 Å². The first-order valence-electron chi connectivity index (χ1n) is 8.96. The van der Waals surface area contributed by atoms with Gasteiger partial charge >= 0.3 is 0 Å². The van der Waals surface area contributed by atoms with Gasteiger partial charge in [-0.3, -0.25) is 4.79 Å². The largest absolute Gasteiger partial charge is 0.345 e. The van der Waals surface area contributed by atoms with Crippen molar-refractivity contribution >= 4 is 16.9 Å². The normalized spacial score (nSPS) is 19.1. The lowest BCUT2D eigenvalue weighted by molar-refractivity contribution is -0.131. The second kappa shape index (κ2) is 6.71. The van der Waals surface area contributed by atoms with E-state index in [0.717, 1.165) is 42.7 Å². The molecule has 0 radical (unpaired) electrons. The molecule has 1 saturated carbocycles. The predicted octanol–water partition coefficient (Wildman–Crippen LogP) is 3.76. The molecule has 4 nitrogen and oxygen atoms in total. The number of hydrogen-bond donors (Lipinski definition) is 1. The molecule has 1 aromatic heterocycles.